The number of nitrogens with two attached hydrogens (primary N) is 3. The van der Waals surface area contributed by atoms with Gasteiger partial charge in [-0.3, -0.25) is 9.59 Å². The van der Waals surface area contributed by atoms with Crippen LogP contribution >= 0.6 is 0 Å². The summed E-state index contributed by atoms with van der Waals surface area (Å²) in [5, 5.41) is 27.4. The maximum atomic E-state index is 14.7. The number of ketones is 1. The van der Waals surface area contributed by atoms with Crippen molar-refractivity contribution in [3.8, 4) is 5.75 Å². The zero-order valence-corrected chi connectivity index (χ0v) is 40.2. The molecule has 0 aliphatic carbocycles. The molecule has 0 fully saturated rings. The number of Topliss-reactive ketones (excluding diaryl/α,β-unsaturated/α-hetero) is 1. The van der Waals surface area contributed by atoms with Crippen LogP contribution in [0.25, 0.3) is 32.3 Å². The monoisotopic (exact) mass is 965 g/mol. The summed E-state index contributed by atoms with van der Waals surface area (Å²) in [4.78, 5) is 23.7. The molecule has 0 aliphatic rings. The molecule has 10 N–H and O–H groups in total. The van der Waals surface area contributed by atoms with Crippen LogP contribution in [0.2, 0.25) is 0 Å². The lowest BCUT2D eigenvalue weighted by Crippen LogP contribution is -2.38. The summed E-state index contributed by atoms with van der Waals surface area (Å²) in [6.45, 7) is 5.07. The van der Waals surface area contributed by atoms with Crippen molar-refractivity contribution in [2.45, 2.75) is 80.2 Å². The van der Waals surface area contributed by atoms with Gasteiger partial charge in [0.25, 0.3) is 0 Å². The minimum Gasteiger partial charge on any atom is -0.490 e. The van der Waals surface area contributed by atoms with Gasteiger partial charge in [0.05, 0.1) is 62.1 Å². The topological polar surface area (TPSA) is 288 Å². The number of aliphatic carboxylic acids is 1. The van der Waals surface area contributed by atoms with Gasteiger partial charge in [-0.05, 0) is 83.8 Å². The third-order valence-corrected chi connectivity index (χ3v) is 15.2. The van der Waals surface area contributed by atoms with Gasteiger partial charge in [-0.1, -0.05) is 31.0 Å². The van der Waals surface area contributed by atoms with Crippen molar-refractivity contribution < 1.29 is 55.6 Å². The number of hydrogen-bond donors (Lipinski definition) is 7. The summed E-state index contributed by atoms with van der Waals surface area (Å²) in [6.07, 6.45) is 4.53. The van der Waals surface area contributed by atoms with Crippen LogP contribution in [0.15, 0.2) is 46.2 Å². The molecular weight excluding hydrogens is 895 g/mol. The summed E-state index contributed by atoms with van der Waals surface area (Å²) in [5.41, 5.74) is 18.2. The first-order chi connectivity index (χ1) is 31.6. The molecule has 2 atom stereocenters. The zero-order valence-electron chi connectivity index (χ0n) is 38.6. The van der Waals surface area contributed by atoms with E-state index in [-0.39, 0.29) is 79.5 Å². The molecule has 0 radical (unpaired) electrons. The van der Waals surface area contributed by atoms with Crippen molar-refractivity contribution in [2.24, 2.45) is 11.5 Å². The molecule has 0 saturated carbocycles. The molecule has 21 heteroatoms. The molecular formula is C45H71N7O12S2. The molecule has 0 amide bonds. The Kier molecular flexibility index (Phi) is 22.6. The number of hydrogen-bond acceptors (Lipinski definition) is 16. The van der Waals surface area contributed by atoms with Gasteiger partial charge >= 0.3 is 5.97 Å². The largest absolute Gasteiger partial charge is 0.490 e. The number of sulfonamides is 2. The van der Waals surface area contributed by atoms with E-state index in [4.69, 9.17) is 41.3 Å². The highest BCUT2D eigenvalue weighted by Gasteiger charge is 2.32. The number of rotatable bonds is 36. The van der Waals surface area contributed by atoms with E-state index in [1.807, 2.05) is 0 Å². The normalized spacial score (nSPS) is 13.5. The second kappa shape index (κ2) is 27.2. The fraction of sp³-hybridized carbons (Fsp3) is 0.600. The van der Waals surface area contributed by atoms with Crippen LogP contribution in [0.1, 0.15) is 58.3 Å². The number of nitrogens with zero attached hydrogens (tertiary/aromatic N) is 2. The highest BCUT2D eigenvalue weighted by Crippen LogP contribution is 2.45. The van der Waals surface area contributed by atoms with Crippen LogP contribution in [-0.2, 0) is 43.8 Å². The molecule has 4 rings (SSSR count). The van der Waals surface area contributed by atoms with E-state index in [0.717, 1.165) is 17.1 Å². The number of anilines is 1. The van der Waals surface area contributed by atoms with E-state index in [1.165, 1.54) is 31.4 Å². The van der Waals surface area contributed by atoms with Crippen molar-refractivity contribution in [3.05, 3.63) is 36.4 Å². The first-order valence-corrected chi connectivity index (χ1v) is 25.5. The van der Waals surface area contributed by atoms with Gasteiger partial charge in [0.1, 0.15) is 24.2 Å². The minimum atomic E-state index is -4.37. The Labute approximate surface area is 389 Å². The SMILES string of the molecule is CC(=O)C(CCCCN)NCCCN(C)S(=O)(=O)c1cc(S(=O)(=O)N(C)CCCNC(CCCCN)C(=O)O)c2ccc3c(OCCOCCOCCOCCO)cc(N)c4ccc1c2c43. The molecule has 0 saturated heterocycles. The van der Waals surface area contributed by atoms with Crippen LogP contribution in [0, 0.1) is 0 Å². The maximum Gasteiger partial charge on any atom is 0.320 e. The summed E-state index contributed by atoms with van der Waals surface area (Å²) in [5.74, 6) is -0.616. The molecule has 0 heterocycles. The predicted molar refractivity (Wildman–Crippen MR) is 256 cm³/mol. The highest BCUT2D eigenvalue weighted by atomic mass is 32.2. The van der Waals surface area contributed by atoms with Crippen LogP contribution in [0.4, 0.5) is 5.69 Å². The number of nitrogen functional groups attached to an aromatic ring is 1. The summed E-state index contributed by atoms with van der Waals surface area (Å²) in [7, 11) is -5.87. The lowest BCUT2D eigenvalue weighted by molar-refractivity contribution is -0.139. The smallest absolute Gasteiger partial charge is 0.320 e. The average Bonchev–Trinajstić information content (AvgIpc) is 3.28. The Balaban J connectivity index is 1.68. The van der Waals surface area contributed by atoms with E-state index in [0.29, 0.717) is 117 Å². The molecule has 66 heavy (non-hydrogen) atoms. The summed E-state index contributed by atoms with van der Waals surface area (Å²) < 4.78 is 83.6. The molecule has 0 aromatic heterocycles. The van der Waals surface area contributed by atoms with Gasteiger partial charge in [-0.25, -0.2) is 25.4 Å². The third kappa shape index (κ3) is 14.8. The Morgan fingerprint density at radius 1 is 0.652 bits per heavy atom. The Bertz CT molecular complexity index is 2280. The molecule has 0 spiro atoms. The minimum absolute atomic E-state index is 0.00704. The number of aliphatic hydroxyl groups excluding tert-OH is 1. The first kappa shape index (κ1) is 54.8. The Morgan fingerprint density at radius 3 is 1.61 bits per heavy atom. The molecule has 2 unspecified atom stereocenters. The number of carboxylic acid groups (broad SMARTS) is 1. The van der Waals surface area contributed by atoms with Crippen molar-refractivity contribution in [1.29, 1.82) is 0 Å². The van der Waals surface area contributed by atoms with Crippen molar-refractivity contribution in [3.63, 3.8) is 0 Å². The van der Waals surface area contributed by atoms with Crippen LogP contribution < -0.4 is 32.6 Å². The van der Waals surface area contributed by atoms with Crippen molar-refractivity contribution in [1.82, 2.24) is 19.2 Å². The quantitative estimate of drug-likeness (QED) is 0.0196. The fourth-order valence-electron chi connectivity index (χ4n) is 7.77. The lowest BCUT2D eigenvalue weighted by Gasteiger charge is -2.24. The van der Waals surface area contributed by atoms with Gasteiger partial charge in [0.15, 0.2) is 0 Å². The van der Waals surface area contributed by atoms with Crippen molar-refractivity contribution in [2.75, 3.05) is 112 Å². The molecule has 4 aromatic rings. The zero-order chi connectivity index (χ0) is 48.3. The Morgan fingerprint density at radius 2 is 1.11 bits per heavy atom. The van der Waals surface area contributed by atoms with Gasteiger partial charge in [-0.15, -0.1) is 0 Å². The number of benzene rings is 4. The average molecular weight is 966 g/mol. The predicted octanol–water partition coefficient (Wildman–Crippen LogP) is 2.46. The van der Waals surface area contributed by atoms with E-state index < -0.39 is 32.1 Å². The number of carboxylic acids is 1. The summed E-state index contributed by atoms with van der Waals surface area (Å²) in [6, 6.07) is 8.48. The second-order valence-corrected chi connectivity index (χ2v) is 20.2. The van der Waals surface area contributed by atoms with Gasteiger partial charge in [0, 0.05) is 71.3 Å². The maximum absolute atomic E-state index is 14.7. The molecule has 370 valence electrons. The summed E-state index contributed by atoms with van der Waals surface area (Å²) >= 11 is 0. The Hall–Kier alpha value is -3.84. The van der Waals surface area contributed by atoms with Gasteiger partial charge in [0.2, 0.25) is 20.0 Å². The molecule has 0 bridgehead atoms. The number of unbranched alkanes of at least 4 members (excludes halogenated alkanes) is 2. The van der Waals surface area contributed by atoms with Crippen molar-refractivity contribution >= 4 is 69.8 Å². The van der Waals surface area contributed by atoms with E-state index in [9.17, 15) is 31.5 Å². The van der Waals surface area contributed by atoms with Crippen LogP contribution in [0.3, 0.4) is 0 Å². The number of carbonyl (C=O) groups is 2. The van der Waals surface area contributed by atoms with Gasteiger partial charge < -0.3 is 57.0 Å². The van der Waals surface area contributed by atoms with E-state index >= 15 is 0 Å². The molecule has 19 nitrogen and oxygen atoms in total. The fourth-order valence-corrected chi connectivity index (χ4v) is 10.7. The second-order valence-electron chi connectivity index (χ2n) is 16.2. The van der Waals surface area contributed by atoms with Gasteiger partial charge in [-0.2, -0.15) is 0 Å². The van der Waals surface area contributed by atoms with Crippen LogP contribution in [-0.4, -0.2) is 166 Å². The molecule has 4 aromatic carbocycles. The van der Waals surface area contributed by atoms with Crippen LogP contribution in [0.5, 0.6) is 5.75 Å². The molecule has 0 aliphatic heterocycles. The number of nitrogens with one attached hydrogen (secondary N) is 2. The van der Waals surface area contributed by atoms with E-state index in [1.54, 1.807) is 30.3 Å². The van der Waals surface area contributed by atoms with E-state index in [2.05, 4.69) is 10.6 Å². The first-order valence-electron chi connectivity index (χ1n) is 22.6. The number of ether oxygens (including phenoxy) is 4. The third-order valence-electron chi connectivity index (χ3n) is 11.4. The lowest BCUT2D eigenvalue weighted by atomic mass is 9.93. The standard InChI is InChI=1S/C45H71N7O12S2/c1-32(54)38(10-4-6-16-46)49-18-8-20-51(2)65(57,58)41-31-42(66(59,60)52(3)21-9-19-50-39(45(55)56)11-5-7-17-47)36-15-13-34-40(30-37(48)33-12-14-35(41)44(36)43(33)34)64-29-28-63-27-26-62-25-24-61-23-22-53/h12-15,30-31,38-39,49-50,53H,4-11,16-29,46-48H2,1-3H3,(H,55,56). The highest BCUT2D eigenvalue weighted by molar-refractivity contribution is 7.90. The number of carbonyl (C=O) groups excluding carboxylic acids is 1. The number of aliphatic hydroxyl groups is 1.